The fourth-order valence-corrected chi connectivity index (χ4v) is 4.91. The molecule has 2 aromatic rings. The van der Waals surface area contributed by atoms with E-state index in [-0.39, 0.29) is 11.6 Å². The lowest BCUT2D eigenvalue weighted by Gasteiger charge is -2.24. The van der Waals surface area contributed by atoms with Gasteiger partial charge in [0.15, 0.2) is 17.5 Å². The zero-order valence-electron chi connectivity index (χ0n) is 25.9. The predicted octanol–water partition coefficient (Wildman–Crippen LogP) is 6.98. The molecule has 1 aliphatic rings. The first-order valence-electron chi connectivity index (χ1n) is 14.0. The first kappa shape index (κ1) is 33.1. The van der Waals surface area contributed by atoms with E-state index in [1.807, 2.05) is 26.1 Å². The highest BCUT2D eigenvalue weighted by Crippen LogP contribution is 2.45. The van der Waals surface area contributed by atoms with Crippen molar-refractivity contribution >= 4 is 35.3 Å². The quantitative estimate of drug-likeness (QED) is 0.0754. The minimum atomic E-state index is -0.654. The number of aryl methyl sites for hydroxylation is 1. The number of aromatic amines is 1. The monoisotopic (exact) mass is 599 g/mol. The standard InChI is InChI=1S/C31H43F2N7OS/c1-9-18(2)28(24(20(4)34)17-35-12-13-41-7)29(22-10-11-22)31(37-27-14-19(3)38-39-27)36-21(5)40(6)30-25(32)15-23(42-8)16-26(30)33/h14-17,22H,9-13,34H2,1-8H3,(H2,37,38,39)/b24-20+,28-18+,31-29+,35-17?,36-21+. The van der Waals surface area contributed by atoms with E-state index in [2.05, 4.69) is 34.4 Å². The van der Waals surface area contributed by atoms with Crippen molar-refractivity contribution in [2.45, 2.75) is 58.8 Å². The molecular weight excluding hydrogens is 556 g/mol. The molecule has 42 heavy (non-hydrogen) atoms. The van der Waals surface area contributed by atoms with Crippen molar-refractivity contribution in [2.24, 2.45) is 21.6 Å². The fraction of sp³-hybridized carbons (Fsp3) is 0.452. The summed E-state index contributed by atoms with van der Waals surface area (Å²) in [4.78, 5) is 11.5. The Labute approximate surface area is 252 Å². The Hall–Kier alpha value is -3.44. The lowest BCUT2D eigenvalue weighted by atomic mass is 9.88. The number of rotatable bonds is 13. The van der Waals surface area contributed by atoms with Crippen LogP contribution in [-0.4, -0.2) is 55.8 Å². The second-order valence-corrected chi connectivity index (χ2v) is 11.3. The second-order valence-electron chi connectivity index (χ2n) is 10.4. The van der Waals surface area contributed by atoms with E-state index in [1.54, 1.807) is 27.3 Å². The number of nitrogens with two attached hydrogens (primary N) is 1. The molecule has 8 nitrogen and oxygen atoms in total. The third-order valence-electron chi connectivity index (χ3n) is 7.08. The van der Waals surface area contributed by atoms with Crippen molar-refractivity contribution in [3.8, 4) is 0 Å². The number of halogens is 2. The molecule has 0 saturated heterocycles. The lowest BCUT2D eigenvalue weighted by Crippen LogP contribution is -2.26. The predicted molar refractivity (Wildman–Crippen MR) is 171 cm³/mol. The average molecular weight is 600 g/mol. The molecule has 1 heterocycles. The van der Waals surface area contributed by atoms with Crippen LogP contribution in [0.3, 0.4) is 0 Å². The second kappa shape index (κ2) is 15.2. The van der Waals surface area contributed by atoms with E-state index in [9.17, 15) is 0 Å². The number of benzene rings is 1. The number of hydrogen-bond donors (Lipinski definition) is 3. The Morgan fingerprint density at radius 3 is 2.40 bits per heavy atom. The van der Waals surface area contributed by atoms with Crippen LogP contribution >= 0.6 is 11.8 Å². The molecule has 3 rings (SSSR count). The topological polar surface area (TPSA) is 104 Å². The van der Waals surface area contributed by atoms with Crippen molar-refractivity contribution in [2.75, 3.05) is 43.8 Å². The summed E-state index contributed by atoms with van der Waals surface area (Å²) >= 11 is 1.28. The number of ether oxygens (including phenoxy) is 1. The van der Waals surface area contributed by atoms with Crippen LogP contribution in [0.4, 0.5) is 20.3 Å². The Bertz CT molecular complexity index is 1390. The van der Waals surface area contributed by atoms with Gasteiger partial charge in [-0.2, -0.15) is 5.10 Å². The molecule has 1 fully saturated rings. The maximum atomic E-state index is 15.1. The van der Waals surface area contributed by atoms with Gasteiger partial charge in [0.1, 0.15) is 17.3 Å². The normalized spacial score (nSPS) is 15.9. The van der Waals surface area contributed by atoms with Crippen LogP contribution in [0.2, 0.25) is 0 Å². The molecule has 0 bridgehead atoms. The van der Waals surface area contributed by atoms with E-state index in [1.165, 1.54) is 28.8 Å². The largest absolute Gasteiger partial charge is 0.402 e. The molecule has 0 atom stereocenters. The van der Waals surface area contributed by atoms with Gasteiger partial charge in [0.05, 0.1) is 13.2 Å². The summed E-state index contributed by atoms with van der Waals surface area (Å²) in [6.45, 7) is 10.7. The number of H-pyrrole nitrogens is 1. The van der Waals surface area contributed by atoms with Crippen molar-refractivity contribution in [3.05, 3.63) is 69.3 Å². The van der Waals surface area contributed by atoms with Crippen LogP contribution in [0, 0.1) is 24.5 Å². The molecule has 1 aromatic heterocycles. The summed E-state index contributed by atoms with van der Waals surface area (Å²) in [5, 5.41) is 10.7. The van der Waals surface area contributed by atoms with Gasteiger partial charge in [-0.05, 0) is 76.8 Å². The van der Waals surface area contributed by atoms with Crippen LogP contribution < -0.4 is 16.0 Å². The Morgan fingerprint density at radius 1 is 1.24 bits per heavy atom. The zero-order chi connectivity index (χ0) is 31.0. The summed E-state index contributed by atoms with van der Waals surface area (Å²) in [7, 11) is 3.25. The van der Waals surface area contributed by atoms with Gasteiger partial charge in [0.2, 0.25) is 0 Å². The third kappa shape index (κ3) is 8.32. The summed E-state index contributed by atoms with van der Waals surface area (Å²) < 4.78 is 35.4. The first-order valence-corrected chi connectivity index (χ1v) is 15.3. The van der Waals surface area contributed by atoms with E-state index in [4.69, 9.17) is 15.5 Å². The first-order chi connectivity index (χ1) is 20.0. The number of hydrogen-bond acceptors (Lipinski definition) is 7. The van der Waals surface area contributed by atoms with Gasteiger partial charge in [0.25, 0.3) is 0 Å². The molecule has 1 aliphatic carbocycles. The molecule has 0 amide bonds. The van der Waals surface area contributed by atoms with Crippen LogP contribution in [0.5, 0.6) is 0 Å². The Balaban J connectivity index is 2.26. The van der Waals surface area contributed by atoms with Gasteiger partial charge in [0, 0.05) is 53.9 Å². The van der Waals surface area contributed by atoms with E-state index < -0.39 is 11.6 Å². The average Bonchev–Trinajstić information content (AvgIpc) is 3.70. The summed E-state index contributed by atoms with van der Waals surface area (Å²) in [6.07, 6.45) is 6.32. The molecule has 228 valence electrons. The summed E-state index contributed by atoms with van der Waals surface area (Å²) in [5.41, 5.74) is 11.7. The number of thioether (sulfide) groups is 1. The zero-order valence-corrected chi connectivity index (χ0v) is 26.7. The van der Waals surface area contributed by atoms with Crippen molar-refractivity contribution in [3.63, 3.8) is 0 Å². The maximum Gasteiger partial charge on any atom is 0.153 e. The lowest BCUT2D eigenvalue weighted by molar-refractivity contribution is 0.208. The molecule has 0 radical (unpaired) electrons. The SMILES string of the molecule is CC/C(C)=C(C(\C=NCCOC)=C(/C)N)/C(=C(\N=C(/C)N(C)c1c(F)cc(SC)cc1F)Nc1cc(C)[nH]n1)C1CC1. The molecule has 0 spiro atoms. The van der Waals surface area contributed by atoms with Gasteiger partial charge in [-0.25, -0.2) is 13.8 Å². The summed E-state index contributed by atoms with van der Waals surface area (Å²) in [6, 6.07) is 4.55. The molecule has 11 heteroatoms. The van der Waals surface area contributed by atoms with Gasteiger partial charge in [-0.1, -0.05) is 12.5 Å². The molecule has 1 saturated carbocycles. The summed E-state index contributed by atoms with van der Waals surface area (Å²) in [5.74, 6) is 0.426. The van der Waals surface area contributed by atoms with Crippen molar-refractivity contribution in [1.29, 1.82) is 0 Å². The minimum absolute atomic E-state index is 0.166. The molecule has 4 N–H and O–H groups in total. The van der Waals surface area contributed by atoms with Crippen molar-refractivity contribution < 1.29 is 13.5 Å². The molecule has 0 unspecified atom stereocenters. The van der Waals surface area contributed by atoms with Crippen LogP contribution in [-0.2, 0) is 4.74 Å². The van der Waals surface area contributed by atoms with Gasteiger partial charge >= 0.3 is 0 Å². The smallest absolute Gasteiger partial charge is 0.153 e. The van der Waals surface area contributed by atoms with Crippen LogP contribution in [0.15, 0.2) is 66.9 Å². The maximum absolute atomic E-state index is 15.1. The molecule has 0 aliphatic heterocycles. The molecule has 1 aromatic carbocycles. The number of aromatic nitrogens is 2. The number of methoxy groups -OCH3 is 1. The molecular formula is C31H43F2N7OS. The van der Waals surface area contributed by atoms with Crippen LogP contribution in [0.1, 0.15) is 52.7 Å². The van der Waals surface area contributed by atoms with E-state index in [0.29, 0.717) is 41.2 Å². The number of nitrogens with zero attached hydrogens (tertiary/aromatic N) is 4. The Morgan fingerprint density at radius 2 is 1.90 bits per heavy atom. The van der Waals surface area contributed by atoms with E-state index in [0.717, 1.165) is 47.2 Å². The number of allylic oxidation sites excluding steroid dienone is 5. The van der Waals surface area contributed by atoms with E-state index >= 15 is 8.78 Å². The third-order valence-corrected chi connectivity index (χ3v) is 7.79. The van der Waals surface area contributed by atoms with Gasteiger partial charge < -0.3 is 20.7 Å². The highest BCUT2D eigenvalue weighted by atomic mass is 32.2. The van der Waals surface area contributed by atoms with Gasteiger partial charge in [-0.3, -0.25) is 10.1 Å². The van der Waals surface area contributed by atoms with Gasteiger partial charge in [-0.15, -0.1) is 11.8 Å². The fourth-order valence-electron chi connectivity index (χ4n) is 4.47. The minimum Gasteiger partial charge on any atom is -0.402 e. The van der Waals surface area contributed by atoms with Crippen LogP contribution in [0.25, 0.3) is 0 Å². The highest BCUT2D eigenvalue weighted by Gasteiger charge is 2.34. The van der Waals surface area contributed by atoms with Crippen molar-refractivity contribution in [1.82, 2.24) is 10.2 Å². The Kier molecular flexibility index (Phi) is 11.9. The number of amidine groups is 1. The number of nitrogens with one attached hydrogen (secondary N) is 2. The number of aliphatic imine (C=N–C) groups is 2. The number of anilines is 2. The highest BCUT2D eigenvalue weighted by molar-refractivity contribution is 7.98.